The Morgan fingerprint density at radius 2 is 1.78 bits per heavy atom. The second-order valence-electron chi connectivity index (χ2n) is 7.63. The second kappa shape index (κ2) is 5.60. The molecule has 0 saturated heterocycles. The zero-order chi connectivity index (χ0) is 16.0. The molecule has 4 saturated carbocycles. The van der Waals surface area contributed by atoms with Crippen LogP contribution in [-0.2, 0) is 4.79 Å². The lowest BCUT2D eigenvalue weighted by molar-refractivity contribution is -0.116. The summed E-state index contributed by atoms with van der Waals surface area (Å²) in [5.74, 6) is 1.98. The normalized spacial score (nSPS) is 34.5. The predicted octanol–water partition coefficient (Wildman–Crippen LogP) is 2.34. The molecule has 5 nitrogen and oxygen atoms in total. The van der Waals surface area contributed by atoms with E-state index in [1.165, 1.54) is 49.9 Å². The summed E-state index contributed by atoms with van der Waals surface area (Å²) >= 11 is 1.33. The molecule has 0 aliphatic heterocycles. The Labute approximate surface area is 140 Å². The van der Waals surface area contributed by atoms with Crippen LogP contribution in [0.4, 0.5) is 5.00 Å². The van der Waals surface area contributed by atoms with Crippen LogP contribution in [0.25, 0.3) is 0 Å². The summed E-state index contributed by atoms with van der Waals surface area (Å²) in [5.41, 5.74) is 5.87. The van der Waals surface area contributed by atoms with E-state index in [1.807, 2.05) is 0 Å². The highest BCUT2D eigenvalue weighted by molar-refractivity contribution is 7.14. The third kappa shape index (κ3) is 2.90. The van der Waals surface area contributed by atoms with E-state index in [1.54, 1.807) is 11.4 Å². The first-order chi connectivity index (χ1) is 11.0. The van der Waals surface area contributed by atoms with Gasteiger partial charge in [-0.05, 0) is 67.7 Å². The van der Waals surface area contributed by atoms with E-state index in [0.717, 1.165) is 17.8 Å². The van der Waals surface area contributed by atoms with Crippen molar-refractivity contribution in [1.29, 1.82) is 0 Å². The lowest BCUT2D eigenvalue weighted by Gasteiger charge is -2.57. The van der Waals surface area contributed by atoms with E-state index in [-0.39, 0.29) is 11.4 Å². The summed E-state index contributed by atoms with van der Waals surface area (Å²) in [4.78, 5) is 23.6. The average molecular weight is 333 g/mol. The Kier molecular flexibility index (Phi) is 3.69. The van der Waals surface area contributed by atoms with E-state index in [2.05, 4.69) is 10.6 Å². The fourth-order valence-electron chi connectivity index (χ4n) is 5.37. The van der Waals surface area contributed by atoms with Crippen LogP contribution in [0, 0.1) is 17.8 Å². The average Bonchev–Trinajstić information content (AvgIpc) is 2.92. The Morgan fingerprint density at radius 1 is 1.17 bits per heavy atom. The number of primary amides is 1. The third-order valence-corrected chi connectivity index (χ3v) is 6.68. The van der Waals surface area contributed by atoms with E-state index in [4.69, 9.17) is 5.73 Å². The van der Waals surface area contributed by atoms with Crippen LogP contribution < -0.4 is 16.4 Å². The monoisotopic (exact) mass is 333 g/mol. The molecule has 0 unspecified atom stereocenters. The quantitative estimate of drug-likeness (QED) is 0.773. The number of thiophene rings is 1. The molecule has 1 heterocycles. The number of anilines is 1. The van der Waals surface area contributed by atoms with Crippen LogP contribution in [0.2, 0.25) is 0 Å². The Hall–Kier alpha value is -1.40. The molecular weight excluding hydrogens is 310 g/mol. The van der Waals surface area contributed by atoms with Gasteiger partial charge in [0.25, 0.3) is 5.91 Å². The van der Waals surface area contributed by atoms with Gasteiger partial charge in [-0.15, -0.1) is 11.3 Å². The Morgan fingerprint density at radius 3 is 2.35 bits per heavy atom. The molecule has 4 aliphatic carbocycles. The highest BCUT2D eigenvalue weighted by Gasteiger charge is 2.50. The molecule has 6 heteroatoms. The van der Waals surface area contributed by atoms with E-state index in [9.17, 15) is 9.59 Å². The van der Waals surface area contributed by atoms with Crippen molar-refractivity contribution in [1.82, 2.24) is 5.32 Å². The summed E-state index contributed by atoms with van der Waals surface area (Å²) < 4.78 is 0. The number of hydrogen-bond donors (Lipinski definition) is 3. The smallest absolute Gasteiger partial charge is 0.251 e. The Balaban J connectivity index is 1.37. The van der Waals surface area contributed by atoms with Crippen molar-refractivity contribution in [3.63, 3.8) is 0 Å². The fourth-order valence-corrected chi connectivity index (χ4v) is 6.17. The van der Waals surface area contributed by atoms with Crippen LogP contribution in [0.15, 0.2) is 11.4 Å². The van der Waals surface area contributed by atoms with Crippen LogP contribution in [0.3, 0.4) is 0 Å². The van der Waals surface area contributed by atoms with Crippen LogP contribution >= 0.6 is 11.3 Å². The SMILES string of the molecule is NC(=O)c1ccsc1NC(=O)CNC12CC3CC(CC(C3)C1)C2. The number of carbonyl (C=O) groups excluding carboxylic acids is 2. The lowest BCUT2D eigenvalue weighted by Crippen LogP contribution is -2.59. The molecule has 4 aliphatic rings. The number of carbonyl (C=O) groups is 2. The molecule has 0 aromatic carbocycles. The van der Waals surface area contributed by atoms with Gasteiger partial charge in [-0.25, -0.2) is 0 Å². The molecule has 2 amide bonds. The minimum atomic E-state index is -0.504. The van der Waals surface area contributed by atoms with Crippen molar-refractivity contribution >= 4 is 28.2 Å². The van der Waals surface area contributed by atoms with Gasteiger partial charge in [0.15, 0.2) is 0 Å². The molecule has 1 aromatic heterocycles. The molecule has 0 radical (unpaired) electrons. The number of amides is 2. The maximum atomic E-state index is 12.3. The van der Waals surface area contributed by atoms with E-state index < -0.39 is 5.91 Å². The topological polar surface area (TPSA) is 84.2 Å². The zero-order valence-corrected chi connectivity index (χ0v) is 14.0. The van der Waals surface area contributed by atoms with Gasteiger partial charge in [0.2, 0.25) is 5.91 Å². The van der Waals surface area contributed by atoms with Gasteiger partial charge in [-0.2, -0.15) is 0 Å². The van der Waals surface area contributed by atoms with E-state index >= 15 is 0 Å². The highest BCUT2D eigenvalue weighted by atomic mass is 32.1. The van der Waals surface area contributed by atoms with Gasteiger partial charge in [0, 0.05) is 5.54 Å². The summed E-state index contributed by atoms with van der Waals surface area (Å²) in [6.45, 7) is 0.308. The molecule has 4 fully saturated rings. The molecule has 124 valence electrons. The van der Waals surface area contributed by atoms with Gasteiger partial charge < -0.3 is 16.4 Å². The fraction of sp³-hybridized carbons (Fsp3) is 0.647. The molecule has 4 N–H and O–H groups in total. The summed E-state index contributed by atoms with van der Waals surface area (Å²) in [6.07, 6.45) is 7.84. The van der Waals surface area contributed by atoms with Gasteiger partial charge >= 0.3 is 0 Å². The first-order valence-electron chi connectivity index (χ1n) is 8.45. The molecule has 23 heavy (non-hydrogen) atoms. The summed E-state index contributed by atoms with van der Waals surface area (Å²) in [7, 11) is 0. The van der Waals surface area contributed by atoms with Crippen molar-refractivity contribution in [2.24, 2.45) is 23.5 Å². The van der Waals surface area contributed by atoms with Gasteiger partial charge in [-0.3, -0.25) is 9.59 Å². The first kappa shape index (κ1) is 15.1. The van der Waals surface area contributed by atoms with Crippen LogP contribution in [0.5, 0.6) is 0 Å². The van der Waals surface area contributed by atoms with Crippen molar-refractivity contribution in [2.75, 3.05) is 11.9 Å². The number of hydrogen-bond acceptors (Lipinski definition) is 4. The van der Waals surface area contributed by atoms with Gasteiger partial charge in [0.05, 0.1) is 12.1 Å². The first-order valence-corrected chi connectivity index (χ1v) is 9.33. The third-order valence-electron chi connectivity index (χ3n) is 5.85. The summed E-state index contributed by atoms with van der Waals surface area (Å²) in [5, 5.41) is 8.70. The summed E-state index contributed by atoms with van der Waals surface area (Å²) in [6, 6.07) is 1.65. The highest BCUT2D eigenvalue weighted by Crippen LogP contribution is 2.55. The maximum Gasteiger partial charge on any atom is 0.251 e. The van der Waals surface area contributed by atoms with E-state index in [0.29, 0.717) is 17.1 Å². The number of nitrogens with one attached hydrogen (secondary N) is 2. The number of rotatable bonds is 5. The van der Waals surface area contributed by atoms with Crippen LogP contribution in [0.1, 0.15) is 48.9 Å². The maximum absolute atomic E-state index is 12.3. The van der Waals surface area contributed by atoms with Crippen molar-refractivity contribution in [3.05, 3.63) is 17.0 Å². The largest absolute Gasteiger partial charge is 0.366 e. The van der Waals surface area contributed by atoms with Gasteiger partial charge in [-0.1, -0.05) is 0 Å². The molecule has 0 atom stereocenters. The van der Waals surface area contributed by atoms with Gasteiger partial charge in [0.1, 0.15) is 5.00 Å². The van der Waals surface area contributed by atoms with Crippen molar-refractivity contribution in [3.8, 4) is 0 Å². The predicted molar refractivity (Wildman–Crippen MR) is 90.4 cm³/mol. The molecule has 1 aromatic rings. The zero-order valence-electron chi connectivity index (χ0n) is 13.1. The second-order valence-corrected chi connectivity index (χ2v) is 8.54. The minimum Gasteiger partial charge on any atom is -0.366 e. The van der Waals surface area contributed by atoms with Crippen LogP contribution in [-0.4, -0.2) is 23.9 Å². The molecule has 4 bridgehead atoms. The molecular formula is C17H23N3O2S. The molecule has 5 rings (SSSR count). The molecule has 0 spiro atoms. The Bertz CT molecular complexity index is 604. The number of nitrogens with two attached hydrogens (primary N) is 1. The minimum absolute atomic E-state index is 0.0919. The van der Waals surface area contributed by atoms with Crippen molar-refractivity contribution in [2.45, 2.75) is 44.1 Å². The standard InChI is InChI=1S/C17H23N3O2S/c18-15(22)13-1-2-23-16(13)20-14(21)9-19-17-6-10-3-11(7-17)5-12(4-10)8-17/h1-2,10-12,19H,3-9H2,(H2,18,22)(H,20,21). The van der Waals surface area contributed by atoms with Crippen molar-refractivity contribution < 1.29 is 9.59 Å². The lowest BCUT2D eigenvalue weighted by atomic mass is 9.53.